The molecule has 2 rings (SSSR count). The molecule has 0 heterocycles. The van der Waals surface area contributed by atoms with Crippen LogP contribution in [-0.2, 0) is 0 Å². The van der Waals surface area contributed by atoms with Gasteiger partial charge in [0.15, 0.2) is 0 Å². The average molecular weight is 429 g/mol. The number of benzene rings is 2. The summed E-state index contributed by atoms with van der Waals surface area (Å²) in [5.74, 6) is -0.0658. The quantitative estimate of drug-likeness (QED) is 0.731. The van der Waals surface area contributed by atoms with Crippen LogP contribution in [-0.4, -0.2) is 31.4 Å². The Labute approximate surface area is 149 Å². The Kier molecular flexibility index (Phi) is 6.23. The molecule has 3 nitrogen and oxygen atoms in total. The largest absolute Gasteiger partial charge is 0.350 e. The molecular weight excluding hydrogens is 411 g/mol. The van der Waals surface area contributed by atoms with Crippen LogP contribution < -0.4 is 5.32 Å². The first kappa shape index (κ1) is 17.2. The number of nitrogens with one attached hydrogen (secondary N) is 1. The molecule has 0 saturated carbocycles. The summed E-state index contributed by atoms with van der Waals surface area (Å²) in [4.78, 5) is 14.4. The number of rotatable bonds is 5. The summed E-state index contributed by atoms with van der Waals surface area (Å²) < 4.78 is 0.941. The van der Waals surface area contributed by atoms with Crippen molar-refractivity contribution in [3.05, 3.63) is 68.3 Å². The van der Waals surface area contributed by atoms with Gasteiger partial charge in [-0.1, -0.05) is 41.9 Å². The van der Waals surface area contributed by atoms with E-state index in [1.165, 1.54) is 0 Å². The number of amides is 1. The highest BCUT2D eigenvalue weighted by Gasteiger charge is 2.18. The van der Waals surface area contributed by atoms with Crippen LogP contribution in [0.4, 0.5) is 0 Å². The lowest BCUT2D eigenvalue weighted by atomic mass is 10.1. The maximum Gasteiger partial charge on any atom is 0.252 e. The van der Waals surface area contributed by atoms with Gasteiger partial charge in [-0.2, -0.15) is 0 Å². The molecule has 5 heteroatoms. The predicted octanol–water partition coefficient (Wildman–Crippen LogP) is 3.98. The molecule has 1 atom stereocenters. The van der Waals surface area contributed by atoms with E-state index in [0.29, 0.717) is 17.1 Å². The lowest BCUT2D eigenvalue weighted by molar-refractivity contribution is 0.0941. The van der Waals surface area contributed by atoms with E-state index in [4.69, 9.17) is 11.6 Å². The zero-order valence-electron chi connectivity index (χ0n) is 12.5. The van der Waals surface area contributed by atoms with E-state index in [0.717, 1.165) is 9.13 Å². The van der Waals surface area contributed by atoms with Crippen molar-refractivity contribution in [3.8, 4) is 0 Å². The molecule has 1 amide bonds. The fourth-order valence-electron chi connectivity index (χ4n) is 2.25. The molecule has 0 bridgehead atoms. The highest BCUT2D eigenvalue weighted by molar-refractivity contribution is 14.1. The van der Waals surface area contributed by atoms with E-state index >= 15 is 0 Å². The number of carbonyl (C=O) groups is 1. The van der Waals surface area contributed by atoms with Crippen LogP contribution in [0.2, 0.25) is 5.02 Å². The first-order chi connectivity index (χ1) is 10.5. The van der Waals surface area contributed by atoms with Gasteiger partial charge in [-0.05, 0) is 60.4 Å². The van der Waals surface area contributed by atoms with Gasteiger partial charge in [-0.15, -0.1) is 0 Å². The van der Waals surface area contributed by atoms with Crippen molar-refractivity contribution in [1.82, 2.24) is 10.2 Å². The first-order valence-electron chi connectivity index (χ1n) is 6.94. The van der Waals surface area contributed by atoms with E-state index in [1.807, 2.05) is 62.6 Å². The minimum Gasteiger partial charge on any atom is -0.350 e. The zero-order valence-corrected chi connectivity index (χ0v) is 15.4. The highest BCUT2D eigenvalue weighted by Crippen LogP contribution is 2.25. The molecule has 0 spiro atoms. The first-order valence-corrected chi connectivity index (χ1v) is 8.40. The van der Waals surface area contributed by atoms with Crippen LogP contribution >= 0.6 is 34.2 Å². The van der Waals surface area contributed by atoms with Gasteiger partial charge in [-0.3, -0.25) is 4.79 Å². The Morgan fingerprint density at radius 3 is 2.45 bits per heavy atom. The lowest BCUT2D eigenvalue weighted by Gasteiger charge is -2.26. The SMILES string of the molecule is CN(C)C(CNC(=O)c1ccccc1I)c1ccccc1Cl. The summed E-state index contributed by atoms with van der Waals surface area (Å²) >= 11 is 8.45. The Morgan fingerprint density at radius 2 is 1.82 bits per heavy atom. The normalized spacial score (nSPS) is 12.2. The summed E-state index contributed by atoms with van der Waals surface area (Å²) in [6.07, 6.45) is 0. The van der Waals surface area contributed by atoms with Crippen molar-refractivity contribution in [3.63, 3.8) is 0 Å². The van der Waals surface area contributed by atoms with Crippen LogP contribution in [0.1, 0.15) is 22.0 Å². The molecule has 0 aliphatic rings. The van der Waals surface area contributed by atoms with Gasteiger partial charge in [0.1, 0.15) is 0 Å². The summed E-state index contributed by atoms with van der Waals surface area (Å²) in [6, 6.07) is 15.3. The predicted molar refractivity (Wildman–Crippen MR) is 99.4 cm³/mol. The van der Waals surface area contributed by atoms with Crippen LogP contribution in [0.3, 0.4) is 0 Å². The number of halogens is 2. The molecule has 0 fully saturated rings. The monoisotopic (exact) mass is 428 g/mol. The second kappa shape index (κ2) is 7.94. The van der Waals surface area contributed by atoms with Gasteiger partial charge in [0.2, 0.25) is 0 Å². The van der Waals surface area contributed by atoms with Gasteiger partial charge in [0, 0.05) is 15.1 Å². The topological polar surface area (TPSA) is 32.3 Å². The van der Waals surface area contributed by atoms with E-state index in [1.54, 1.807) is 0 Å². The molecule has 0 aromatic heterocycles. The van der Waals surface area contributed by atoms with Gasteiger partial charge < -0.3 is 10.2 Å². The number of hydrogen-bond acceptors (Lipinski definition) is 2. The molecule has 0 radical (unpaired) electrons. The Balaban J connectivity index is 2.12. The maximum atomic E-state index is 12.3. The van der Waals surface area contributed by atoms with Crippen LogP contribution in [0.5, 0.6) is 0 Å². The molecule has 1 unspecified atom stereocenters. The zero-order chi connectivity index (χ0) is 16.1. The third kappa shape index (κ3) is 4.21. The van der Waals surface area contributed by atoms with E-state index in [-0.39, 0.29) is 11.9 Å². The summed E-state index contributed by atoms with van der Waals surface area (Å²) in [7, 11) is 3.96. The van der Waals surface area contributed by atoms with Crippen molar-refractivity contribution in [2.45, 2.75) is 6.04 Å². The molecule has 116 valence electrons. The second-order valence-electron chi connectivity index (χ2n) is 5.19. The molecule has 1 N–H and O–H groups in total. The third-order valence-corrected chi connectivity index (χ3v) is 4.75. The Hall–Kier alpha value is -1.11. The summed E-state index contributed by atoms with van der Waals surface area (Å²) in [5.41, 5.74) is 1.71. The molecule has 0 saturated heterocycles. The molecular formula is C17H18ClIN2O. The highest BCUT2D eigenvalue weighted by atomic mass is 127. The van der Waals surface area contributed by atoms with Gasteiger partial charge in [0.25, 0.3) is 5.91 Å². The van der Waals surface area contributed by atoms with Crippen molar-refractivity contribution in [2.75, 3.05) is 20.6 Å². The molecule has 2 aromatic rings. The average Bonchev–Trinajstić information content (AvgIpc) is 2.49. The van der Waals surface area contributed by atoms with Crippen molar-refractivity contribution in [1.29, 1.82) is 0 Å². The van der Waals surface area contributed by atoms with E-state index < -0.39 is 0 Å². The summed E-state index contributed by atoms with van der Waals surface area (Å²) in [6.45, 7) is 0.501. The number of hydrogen-bond donors (Lipinski definition) is 1. The number of likely N-dealkylation sites (N-methyl/N-ethyl adjacent to an activating group) is 1. The molecule has 0 aliphatic heterocycles. The maximum absolute atomic E-state index is 12.3. The minimum absolute atomic E-state index is 0.0269. The van der Waals surface area contributed by atoms with Crippen molar-refractivity contribution in [2.24, 2.45) is 0 Å². The standard InChI is InChI=1S/C17H18ClIN2O/c1-21(2)16(12-7-3-5-9-14(12)18)11-20-17(22)13-8-4-6-10-15(13)19/h3-10,16H,11H2,1-2H3,(H,20,22). The fourth-order valence-corrected chi connectivity index (χ4v) is 3.14. The number of nitrogens with zero attached hydrogens (tertiary/aromatic N) is 1. The minimum atomic E-state index is -0.0658. The molecule has 0 aliphatic carbocycles. The van der Waals surface area contributed by atoms with Crippen molar-refractivity contribution < 1.29 is 4.79 Å². The Bertz CT molecular complexity index is 661. The fraction of sp³-hybridized carbons (Fsp3) is 0.235. The van der Waals surface area contributed by atoms with Crippen LogP contribution in [0.25, 0.3) is 0 Å². The molecule has 2 aromatic carbocycles. The van der Waals surface area contributed by atoms with Crippen molar-refractivity contribution >= 4 is 40.1 Å². The smallest absolute Gasteiger partial charge is 0.252 e. The second-order valence-corrected chi connectivity index (χ2v) is 6.76. The Morgan fingerprint density at radius 1 is 1.18 bits per heavy atom. The molecule has 22 heavy (non-hydrogen) atoms. The van der Waals surface area contributed by atoms with Crippen LogP contribution in [0, 0.1) is 3.57 Å². The van der Waals surface area contributed by atoms with E-state index in [2.05, 4.69) is 32.8 Å². The van der Waals surface area contributed by atoms with Crippen LogP contribution in [0.15, 0.2) is 48.5 Å². The summed E-state index contributed by atoms with van der Waals surface area (Å²) in [5, 5.41) is 3.72. The third-order valence-electron chi connectivity index (χ3n) is 3.46. The van der Waals surface area contributed by atoms with E-state index in [9.17, 15) is 4.79 Å². The van der Waals surface area contributed by atoms with Gasteiger partial charge in [-0.25, -0.2) is 0 Å². The van der Waals surface area contributed by atoms with Gasteiger partial charge in [0.05, 0.1) is 11.6 Å². The lowest BCUT2D eigenvalue weighted by Crippen LogP contribution is -2.35. The van der Waals surface area contributed by atoms with Gasteiger partial charge >= 0.3 is 0 Å². The number of carbonyl (C=O) groups excluding carboxylic acids is 1.